The van der Waals surface area contributed by atoms with Crippen LogP contribution in [0.3, 0.4) is 0 Å². The van der Waals surface area contributed by atoms with Gasteiger partial charge in [0.25, 0.3) is 5.91 Å². The van der Waals surface area contributed by atoms with E-state index in [-0.39, 0.29) is 0 Å². The fourth-order valence-corrected chi connectivity index (χ4v) is 1.38. The van der Waals surface area contributed by atoms with Crippen molar-refractivity contribution in [3.8, 4) is 0 Å². The molecule has 1 rings (SSSR count). The zero-order valence-electron chi connectivity index (χ0n) is 10.8. The quantitative estimate of drug-likeness (QED) is 0.792. The van der Waals surface area contributed by atoms with E-state index in [1.165, 1.54) is 6.92 Å². The number of hydrogen-bond acceptors (Lipinski definition) is 4. The lowest BCUT2D eigenvalue weighted by atomic mass is 10.1. The van der Waals surface area contributed by atoms with Crippen molar-refractivity contribution in [2.75, 3.05) is 0 Å². The highest BCUT2D eigenvalue weighted by atomic mass is 16.5. The van der Waals surface area contributed by atoms with Gasteiger partial charge in [-0.05, 0) is 31.0 Å². The molecule has 3 amide bonds. The molecule has 0 aliphatic rings. The smallest absolute Gasteiger partial charge is 0.338 e. The Kier molecular flexibility index (Phi) is 5.05. The Hall–Kier alpha value is -2.37. The van der Waals surface area contributed by atoms with E-state index < -0.39 is 24.0 Å². The number of amides is 3. The van der Waals surface area contributed by atoms with Gasteiger partial charge in [0, 0.05) is 0 Å². The predicted molar refractivity (Wildman–Crippen MR) is 68.4 cm³/mol. The number of aryl methyl sites for hydroxylation is 1. The molecule has 1 aromatic rings. The Bertz CT molecular complexity index is 482. The van der Waals surface area contributed by atoms with Crippen molar-refractivity contribution in [3.63, 3.8) is 0 Å². The number of nitrogens with one attached hydrogen (secondary N) is 1. The number of carbonyl (C=O) groups is 3. The summed E-state index contributed by atoms with van der Waals surface area (Å²) >= 11 is 0. The van der Waals surface area contributed by atoms with E-state index in [1.807, 2.05) is 24.4 Å². The van der Waals surface area contributed by atoms with Gasteiger partial charge in [0.15, 0.2) is 6.10 Å². The summed E-state index contributed by atoms with van der Waals surface area (Å²) in [5.41, 5.74) is 6.23. The van der Waals surface area contributed by atoms with E-state index in [9.17, 15) is 14.4 Å². The maximum absolute atomic E-state index is 11.7. The zero-order chi connectivity index (χ0) is 14.4. The maximum Gasteiger partial charge on any atom is 0.338 e. The molecule has 0 heterocycles. The van der Waals surface area contributed by atoms with Crippen LogP contribution in [0, 0.1) is 0 Å². The first-order valence-electron chi connectivity index (χ1n) is 5.84. The summed E-state index contributed by atoms with van der Waals surface area (Å²) in [6, 6.07) is 5.88. The molecule has 0 fully saturated rings. The standard InChI is InChI=1S/C13H16N2O4/c1-3-9-4-6-10(7-5-9)12(17)19-8(2)11(16)15-13(14)18/h4-8H,3H2,1-2H3,(H3,14,15,16,18)/t8-/m0/s1. The SMILES string of the molecule is CCc1ccc(C(=O)O[C@@H](C)C(=O)NC(N)=O)cc1. The van der Waals surface area contributed by atoms with Gasteiger partial charge < -0.3 is 10.5 Å². The molecule has 6 heteroatoms. The van der Waals surface area contributed by atoms with Crippen molar-refractivity contribution in [1.29, 1.82) is 0 Å². The van der Waals surface area contributed by atoms with Crippen molar-refractivity contribution in [2.45, 2.75) is 26.4 Å². The molecule has 0 spiro atoms. The Morgan fingerprint density at radius 1 is 1.26 bits per heavy atom. The van der Waals surface area contributed by atoms with Crippen LogP contribution >= 0.6 is 0 Å². The van der Waals surface area contributed by atoms with Crippen LogP contribution in [0.1, 0.15) is 29.8 Å². The second kappa shape index (κ2) is 6.53. The number of nitrogens with two attached hydrogens (primary N) is 1. The third-order valence-electron chi connectivity index (χ3n) is 2.50. The Morgan fingerprint density at radius 2 is 1.84 bits per heavy atom. The molecule has 0 saturated carbocycles. The minimum Gasteiger partial charge on any atom is -0.449 e. The molecule has 0 aromatic heterocycles. The zero-order valence-corrected chi connectivity index (χ0v) is 10.8. The van der Waals surface area contributed by atoms with Gasteiger partial charge in [-0.25, -0.2) is 9.59 Å². The summed E-state index contributed by atoms with van der Waals surface area (Å²) in [7, 11) is 0. The Balaban J connectivity index is 2.63. The molecule has 19 heavy (non-hydrogen) atoms. The van der Waals surface area contributed by atoms with Crippen LogP contribution in [0.15, 0.2) is 24.3 Å². The van der Waals surface area contributed by atoms with Gasteiger partial charge >= 0.3 is 12.0 Å². The number of primary amides is 1. The summed E-state index contributed by atoms with van der Waals surface area (Å²) in [5.74, 6) is -1.39. The molecule has 0 bridgehead atoms. The molecule has 102 valence electrons. The molecule has 0 unspecified atom stereocenters. The summed E-state index contributed by atoms with van der Waals surface area (Å²) < 4.78 is 4.91. The number of rotatable bonds is 4. The van der Waals surface area contributed by atoms with Gasteiger partial charge in [0.2, 0.25) is 0 Å². The highest BCUT2D eigenvalue weighted by molar-refractivity contribution is 5.98. The van der Waals surface area contributed by atoms with E-state index in [4.69, 9.17) is 10.5 Å². The lowest BCUT2D eigenvalue weighted by Gasteiger charge is -2.12. The first kappa shape index (κ1) is 14.7. The number of benzene rings is 1. The minimum absolute atomic E-state index is 0.343. The molecule has 0 radical (unpaired) electrons. The largest absolute Gasteiger partial charge is 0.449 e. The van der Waals surface area contributed by atoms with Gasteiger partial charge in [0.05, 0.1) is 5.56 Å². The molecule has 0 aliphatic heterocycles. The topological polar surface area (TPSA) is 98.5 Å². The highest BCUT2D eigenvalue weighted by Crippen LogP contribution is 2.08. The van der Waals surface area contributed by atoms with Gasteiger partial charge in [-0.1, -0.05) is 19.1 Å². The lowest BCUT2D eigenvalue weighted by molar-refractivity contribution is -0.127. The van der Waals surface area contributed by atoms with Crippen molar-refractivity contribution >= 4 is 17.9 Å². The summed E-state index contributed by atoms with van der Waals surface area (Å²) in [4.78, 5) is 33.5. The average molecular weight is 264 g/mol. The van der Waals surface area contributed by atoms with E-state index >= 15 is 0 Å². The third kappa shape index (κ3) is 4.42. The molecule has 3 N–H and O–H groups in total. The van der Waals surface area contributed by atoms with Gasteiger partial charge in [-0.3, -0.25) is 10.1 Å². The van der Waals surface area contributed by atoms with E-state index in [2.05, 4.69) is 0 Å². The second-order valence-corrected chi connectivity index (χ2v) is 3.95. The number of imide groups is 1. The van der Waals surface area contributed by atoms with Gasteiger partial charge in [0.1, 0.15) is 0 Å². The summed E-state index contributed by atoms with van der Waals surface area (Å²) in [6.45, 7) is 3.36. The Morgan fingerprint density at radius 3 is 2.32 bits per heavy atom. The minimum atomic E-state index is -1.09. The van der Waals surface area contributed by atoms with Crippen LogP contribution in [0.2, 0.25) is 0 Å². The van der Waals surface area contributed by atoms with Crippen LogP contribution in [0.25, 0.3) is 0 Å². The molecule has 1 atom stereocenters. The lowest BCUT2D eigenvalue weighted by Crippen LogP contribution is -2.42. The normalized spacial score (nSPS) is 11.5. The fraction of sp³-hybridized carbons (Fsp3) is 0.308. The van der Waals surface area contributed by atoms with Crippen LogP contribution in [0.4, 0.5) is 4.79 Å². The number of hydrogen-bond donors (Lipinski definition) is 2. The fourth-order valence-electron chi connectivity index (χ4n) is 1.38. The van der Waals surface area contributed by atoms with E-state index in [0.717, 1.165) is 12.0 Å². The first-order valence-corrected chi connectivity index (χ1v) is 5.84. The van der Waals surface area contributed by atoms with Crippen LogP contribution in [0.5, 0.6) is 0 Å². The maximum atomic E-state index is 11.7. The average Bonchev–Trinajstić information content (AvgIpc) is 2.37. The molecule has 0 saturated heterocycles. The Labute approximate surface area is 110 Å². The molecular weight excluding hydrogens is 248 g/mol. The van der Waals surface area contributed by atoms with Crippen molar-refractivity contribution in [3.05, 3.63) is 35.4 Å². The van der Waals surface area contributed by atoms with Crippen molar-refractivity contribution in [1.82, 2.24) is 5.32 Å². The summed E-state index contributed by atoms with van der Waals surface area (Å²) in [5, 5.41) is 1.84. The van der Waals surface area contributed by atoms with Crippen LogP contribution < -0.4 is 11.1 Å². The van der Waals surface area contributed by atoms with Gasteiger partial charge in [-0.2, -0.15) is 0 Å². The van der Waals surface area contributed by atoms with E-state index in [0.29, 0.717) is 5.56 Å². The highest BCUT2D eigenvalue weighted by Gasteiger charge is 2.19. The molecular formula is C13H16N2O4. The van der Waals surface area contributed by atoms with E-state index in [1.54, 1.807) is 12.1 Å². The number of esters is 1. The number of carbonyl (C=O) groups excluding carboxylic acids is 3. The van der Waals surface area contributed by atoms with Crippen molar-refractivity contribution in [2.24, 2.45) is 5.73 Å². The van der Waals surface area contributed by atoms with Gasteiger partial charge in [-0.15, -0.1) is 0 Å². The monoisotopic (exact) mass is 264 g/mol. The molecule has 6 nitrogen and oxygen atoms in total. The third-order valence-corrected chi connectivity index (χ3v) is 2.50. The second-order valence-electron chi connectivity index (χ2n) is 3.95. The van der Waals surface area contributed by atoms with Crippen LogP contribution in [-0.2, 0) is 16.0 Å². The van der Waals surface area contributed by atoms with Crippen molar-refractivity contribution < 1.29 is 19.1 Å². The summed E-state index contributed by atoms with van der Waals surface area (Å²) in [6.07, 6.45) is -0.224. The number of ether oxygens (including phenoxy) is 1. The first-order chi connectivity index (χ1) is 8.93. The molecule has 1 aromatic carbocycles. The predicted octanol–water partition coefficient (Wildman–Crippen LogP) is 0.989. The molecule has 0 aliphatic carbocycles. The van der Waals surface area contributed by atoms with Crippen LogP contribution in [-0.4, -0.2) is 24.0 Å². The number of urea groups is 1.